The van der Waals surface area contributed by atoms with Gasteiger partial charge in [0.2, 0.25) is 11.3 Å². The van der Waals surface area contributed by atoms with Crippen LogP contribution in [0.4, 0.5) is 0 Å². The van der Waals surface area contributed by atoms with Gasteiger partial charge in [0.1, 0.15) is 0 Å². The molecule has 0 heterocycles. The van der Waals surface area contributed by atoms with Crippen LogP contribution in [0, 0.1) is 0 Å². The normalized spacial score (nSPS) is 14.2. The lowest BCUT2D eigenvalue weighted by Crippen LogP contribution is -2.27. The molecule has 0 aromatic rings. The molecule has 0 radical (unpaired) electrons. The van der Waals surface area contributed by atoms with Gasteiger partial charge < -0.3 is 0 Å². The second-order valence-electron chi connectivity index (χ2n) is 1.44. The summed E-state index contributed by atoms with van der Waals surface area (Å²) in [6, 6.07) is 0. The number of nitrogens with zero attached hydrogens (tertiary/aromatic N) is 1. The van der Waals surface area contributed by atoms with Crippen molar-refractivity contribution in [2.45, 2.75) is 6.92 Å². The molecule has 0 rings (SSSR count). The summed E-state index contributed by atoms with van der Waals surface area (Å²) in [6.45, 7) is 2.82. The molecule has 1 atom stereocenters. The number of hydrogen-bond donors (Lipinski definition) is 1. The van der Waals surface area contributed by atoms with Crippen LogP contribution in [-0.4, -0.2) is 32.0 Å². The van der Waals surface area contributed by atoms with Crippen molar-refractivity contribution in [1.82, 2.24) is 4.31 Å². The van der Waals surface area contributed by atoms with Crippen LogP contribution in [0.25, 0.3) is 0 Å². The van der Waals surface area contributed by atoms with Crippen molar-refractivity contribution >= 4 is 22.9 Å². The summed E-state index contributed by atoms with van der Waals surface area (Å²) in [4.78, 5) is 0. The Hall–Kier alpha value is 0.360. The second-order valence-corrected chi connectivity index (χ2v) is 2.80. The van der Waals surface area contributed by atoms with Gasteiger partial charge in [-0.15, -0.1) is 11.6 Å². The van der Waals surface area contributed by atoms with Crippen molar-refractivity contribution in [1.29, 1.82) is 0 Å². The van der Waals surface area contributed by atoms with E-state index < -0.39 is 11.3 Å². The van der Waals surface area contributed by atoms with Crippen LogP contribution >= 0.6 is 11.6 Å². The average molecular weight is 172 g/mol. The van der Waals surface area contributed by atoms with Gasteiger partial charge in [-0.3, -0.25) is 4.55 Å². The quantitative estimate of drug-likeness (QED) is 0.500. The van der Waals surface area contributed by atoms with E-state index in [1.165, 1.54) is 4.31 Å². The Morgan fingerprint density at radius 2 is 2.33 bits per heavy atom. The van der Waals surface area contributed by atoms with Crippen LogP contribution < -0.4 is 0 Å². The Bertz CT molecular complexity index is 101. The molecular weight excluding hydrogens is 162 g/mol. The van der Waals surface area contributed by atoms with Crippen molar-refractivity contribution < 1.29 is 8.76 Å². The van der Waals surface area contributed by atoms with Gasteiger partial charge in [-0.1, -0.05) is 6.92 Å². The maximum atomic E-state index is 10.3. The van der Waals surface area contributed by atoms with Gasteiger partial charge in [0.15, 0.2) is 0 Å². The predicted molar refractivity (Wildman–Crippen MR) is 38.7 cm³/mol. The summed E-state index contributed by atoms with van der Waals surface area (Å²) in [5.74, 6) is 0.389. The number of hydrogen-bond acceptors (Lipinski definition) is 1. The van der Waals surface area contributed by atoms with Gasteiger partial charge in [0.25, 0.3) is 0 Å². The molecule has 1 unspecified atom stereocenters. The van der Waals surface area contributed by atoms with Gasteiger partial charge in [-0.25, -0.2) is 8.51 Å². The van der Waals surface area contributed by atoms with E-state index in [1.807, 2.05) is 0 Å². The summed E-state index contributed by atoms with van der Waals surface area (Å²) < 4.78 is 20.1. The first-order chi connectivity index (χ1) is 4.22. The van der Waals surface area contributed by atoms with Gasteiger partial charge in [-0.05, 0) is 0 Å². The van der Waals surface area contributed by atoms with Crippen molar-refractivity contribution in [3.8, 4) is 0 Å². The van der Waals surface area contributed by atoms with E-state index in [1.54, 1.807) is 6.92 Å². The summed E-state index contributed by atoms with van der Waals surface area (Å²) in [6.07, 6.45) is 0. The van der Waals surface area contributed by atoms with Crippen molar-refractivity contribution in [2.75, 3.05) is 19.0 Å². The first kappa shape index (κ1) is 9.36. The highest BCUT2D eigenvalue weighted by molar-refractivity contribution is 7.76. The van der Waals surface area contributed by atoms with Crippen molar-refractivity contribution in [3.63, 3.8) is 0 Å². The fourth-order valence-electron chi connectivity index (χ4n) is 0.441. The van der Waals surface area contributed by atoms with Gasteiger partial charge >= 0.3 is 0 Å². The number of halogens is 1. The molecular formula is C4H10ClNO2S. The average Bonchev–Trinajstić information content (AvgIpc) is 1.82. The molecule has 3 nitrogen and oxygen atoms in total. The summed E-state index contributed by atoms with van der Waals surface area (Å²) in [5, 5.41) is 0. The Kier molecular flexibility index (Phi) is 5.38. The number of rotatable bonds is 4. The van der Waals surface area contributed by atoms with E-state index >= 15 is 0 Å². The van der Waals surface area contributed by atoms with Crippen LogP contribution in [-0.2, 0) is 11.3 Å². The minimum absolute atomic E-state index is 0.389. The minimum atomic E-state index is -1.85. The molecule has 1 N–H and O–H groups in total. The molecule has 0 amide bonds. The van der Waals surface area contributed by atoms with E-state index in [0.29, 0.717) is 19.0 Å². The first-order valence-electron chi connectivity index (χ1n) is 2.64. The van der Waals surface area contributed by atoms with E-state index in [0.717, 1.165) is 0 Å². The zero-order valence-electron chi connectivity index (χ0n) is 5.21. The maximum absolute atomic E-state index is 10.3. The third-order valence-electron chi connectivity index (χ3n) is 0.908. The van der Waals surface area contributed by atoms with Crippen LogP contribution in [0.1, 0.15) is 6.92 Å². The molecule has 5 heteroatoms. The molecule has 0 bridgehead atoms. The SMILES string of the molecule is CCN(CCCl)S(=O)O. The van der Waals surface area contributed by atoms with Gasteiger partial charge in [0.05, 0.1) is 0 Å². The molecule has 0 aromatic carbocycles. The number of alkyl halides is 1. The monoisotopic (exact) mass is 171 g/mol. The zero-order chi connectivity index (χ0) is 7.28. The lowest BCUT2D eigenvalue weighted by atomic mass is 10.7. The highest BCUT2D eigenvalue weighted by atomic mass is 35.5. The summed E-state index contributed by atoms with van der Waals surface area (Å²) in [5.41, 5.74) is 0. The molecule has 0 fully saturated rings. The molecule has 56 valence electrons. The Balaban J connectivity index is 3.54. The molecule has 0 aliphatic rings. The molecule has 0 aliphatic carbocycles. The largest absolute Gasteiger partial charge is 0.294 e. The molecule has 0 saturated carbocycles. The third kappa shape index (κ3) is 3.86. The smallest absolute Gasteiger partial charge is 0.234 e. The van der Waals surface area contributed by atoms with Crippen LogP contribution in [0.5, 0.6) is 0 Å². The molecule has 0 saturated heterocycles. The van der Waals surface area contributed by atoms with Gasteiger partial charge in [0, 0.05) is 19.0 Å². The molecule has 0 spiro atoms. The van der Waals surface area contributed by atoms with Crippen LogP contribution in [0.15, 0.2) is 0 Å². The highest BCUT2D eigenvalue weighted by Gasteiger charge is 2.05. The minimum Gasteiger partial charge on any atom is -0.294 e. The highest BCUT2D eigenvalue weighted by Crippen LogP contribution is 1.91. The molecule has 9 heavy (non-hydrogen) atoms. The Morgan fingerprint density at radius 1 is 1.78 bits per heavy atom. The summed E-state index contributed by atoms with van der Waals surface area (Å²) in [7, 11) is 0. The maximum Gasteiger partial charge on any atom is 0.234 e. The Morgan fingerprint density at radius 3 is 2.44 bits per heavy atom. The molecule has 0 aromatic heterocycles. The third-order valence-corrected chi connectivity index (χ3v) is 1.96. The topological polar surface area (TPSA) is 40.5 Å². The van der Waals surface area contributed by atoms with Crippen LogP contribution in [0.2, 0.25) is 0 Å². The van der Waals surface area contributed by atoms with Gasteiger partial charge in [-0.2, -0.15) is 0 Å². The Labute approximate surface area is 62.4 Å². The van der Waals surface area contributed by atoms with E-state index in [-0.39, 0.29) is 0 Å². The summed E-state index contributed by atoms with van der Waals surface area (Å²) >= 11 is 3.48. The fraction of sp³-hybridized carbons (Fsp3) is 1.00. The first-order valence-corrected chi connectivity index (χ1v) is 4.24. The van der Waals surface area contributed by atoms with Crippen molar-refractivity contribution in [3.05, 3.63) is 0 Å². The van der Waals surface area contributed by atoms with Crippen molar-refractivity contribution in [2.24, 2.45) is 0 Å². The second kappa shape index (κ2) is 5.17. The van der Waals surface area contributed by atoms with E-state index in [9.17, 15) is 4.21 Å². The zero-order valence-corrected chi connectivity index (χ0v) is 6.78. The standard InChI is InChI=1S/C4H10ClNO2S/c1-2-6(4-3-5)9(7)8/h2-4H2,1H3,(H,7,8). The lowest BCUT2D eigenvalue weighted by molar-refractivity contribution is 0.427. The van der Waals surface area contributed by atoms with E-state index in [2.05, 4.69) is 0 Å². The fourth-order valence-corrected chi connectivity index (χ4v) is 1.21. The molecule has 0 aliphatic heterocycles. The lowest BCUT2D eigenvalue weighted by Gasteiger charge is -2.11. The predicted octanol–water partition coefficient (Wildman–Crippen LogP) is 0.684. The van der Waals surface area contributed by atoms with Crippen LogP contribution in [0.3, 0.4) is 0 Å². The van der Waals surface area contributed by atoms with E-state index in [4.69, 9.17) is 16.2 Å².